The average molecular weight is 313 g/mol. The van der Waals surface area contributed by atoms with Crippen LogP contribution in [0.2, 0.25) is 0 Å². The van der Waals surface area contributed by atoms with E-state index in [1.54, 1.807) is 19.3 Å². The van der Waals surface area contributed by atoms with Gasteiger partial charge in [-0.3, -0.25) is 4.98 Å². The lowest BCUT2D eigenvalue weighted by Crippen LogP contribution is -2.43. The molecule has 5 heteroatoms. The molecule has 0 aliphatic heterocycles. The minimum Gasteiger partial charge on any atom is -0.471 e. The number of hydrogen-bond donors (Lipinski definition) is 2. The first-order chi connectivity index (χ1) is 11.0. The minimum absolute atomic E-state index is 0.270. The van der Waals surface area contributed by atoms with Crippen LogP contribution in [0.1, 0.15) is 37.8 Å². The highest BCUT2D eigenvalue weighted by molar-refractivity contribution is 5.74. The maximum absolute atomic E-state index is 11.8. The molecule has 1 heterocycles. The van der Waals surface area contributed by atoms with E-state index < -0.39 is 6.23 Å². The van der Waals surface area contributed by atoms with E-state index in [1.807, 2.05) is 36.4 Å². The Labute approximate surface area is 137 Å². The number of rotatable bonds is 6. The maximum atomic E-state index is 11.8. The van der Waals surface area contributed by atoms with Crippen LogP contribution >= 0.6 is 0 Å². The Bertz CT molecular complexity index is 612. The molecule has 23 heavy (non-hydrogen) atoms. The van der Waals surface area contributed by atoms with Crippen LogP contribution in [0.5, 0.6) is 5.75 Å². The molecule has 0 aliphatic carbocycles. The fraction of sp³-hybridized carbons (Fsp3) is 0.333. The van der Waals surface area contributed by atoms with Gasteiger partial charge in [-0.2, -0.15) is 0 Å². The van der Waals surface area contributed by atoms with Crippen LogP contribution in [0.15, 0.2) is 48.8 Å². The van der Waals surface area contributed by atoms with Crippen molar-refractivity contribution >= 4 is 6.03 Å². The SMILES string of the molecule is CC(NC(=O)NCc1ccncc1)Oc1ccc(C(C)C)cc1. The highest BCUT2D eigenvalue weighted by Gasteiger charge is 2.08. The normalized spacial score (nSPS) is 11.8. The molecule has 2 aromatic rings. The topological polar surface area (TPSA) is 63.2 Å². The monoisotopic (exact) mass is 313 g/mol. The molecule has 0 radical (unpaired) electrons. The third-order valence-electron chi connectivity index (χ3n) is 3.40. The van der Waals surface area contributed by atoms with E-state index in [1.165, 1.54) is 5.56 Å². The third-order valence-corrected chi connectivity index (χ3v) is 3.40. The quantitative estimate of drug-likeness (QED) is 0.803. The first kappa shape index (κ1) is 16.8. The van der Waals surface area contributed by atoms with Crippen molar-refractivity contribution in [2.75, 3.05) is 0 Å². The molecule has 2 N–H and O–H groups in total. The Morgan fingerprint density at radius 3 is 2.35 bits per heavy atom. The summed E-state index contributed by atoms with van der Waals surface area (Å²) in [5, 5.41) is 5.53. The van der Waals surface area contributed by atoms with Gasteiger partial charge < -0.3 is 15.4 Å². The van der Waals surface area contributed by atoms with Gasteiger partial charge in [0.05, 0.1) is 0 Å². The lowest BCUT2D eigenvalue weighted by Gasteiger charge is -2.17. The molecule has 0 fully saturated rings. The van der Waals surface area contributed by atoms with Crippen molar-refractivity contribution in [1.29, 1.82) is 0 Å². The number of urea groups is 1. The Morgan fingerprint density at radius 2 is 1.74 bits per heavy atom. The summed E-state index contributed by atoms with van der Waals surface area (Å²) in [6.45, 7) is 6.53. The van der Waals surface area contributed by atoms with Gasteiger partial charge >= 0.3 is 6.03 Å². The van der Waals surface area contributed by atoms with E-state index in [0.717, 1.165) is 11.3 Å². The number of nitrogens with one attached hydrogen (secondary N) is 2. The van der Waals surface area contributed by atoms with Crippen LogP contribution in [0.25, 0.3) is 0 Å². The highest BCUT2D eigenvalue weighted by Crippen LogP contribution is 2.19. The summed E-state index contributed by atoms with van der Waals surface area (Å²) in [5.41, 5.74) is 2.25. The van der Waals surface area contributed by atoms with Gasteiger partial charge in [-0.25, -0.2) is 4.79 Å². The first-order valence-corrected chi connectivity index (χ1v) is 7.74. The fourth-order valence-electron chi connectivity index (χ4n) is 2.08. The van der Waals surface area contributed by atoms with E-state index >= 15 is 0 Å². The predicted molar refractivity (Wildman–Crippen MR) is 90.2 cm³/mol. The highest BCUT2D eigenvalue weighted by atomic mass is 16.5. The summed E-state index contributed by atoms with van der Waals surface area (Å²) in [7, 11) is 0. The lowest BCUT2D eigenvalue weighted by atomic mass is 10.0. The standard InChI is InChI=1S/C18H23N3O2/c1-13(2)16-4-6-17(7-5-16)23-14(3)21-18(22)20-12-15-8-10-19-11-9-15/h4-11,13-14H,12H2,1-3H3,(H2,20,21,22). The Balaban J connectivity index is 1.77. The molecule has 2 rings (SSSR count). The summed E-state index contributed by atoms with van der Waals surface area (Å²) in [5.74, 6) is 1.22. The lowest BCUT2D eigenvalue weighted by molar-refractivity contribution is 0.177. The van der Waals surface area contributed by atoms with E-state index in [2.05, 4.69) is 29.5 Å². The van der Waals surface area contributed by atoms with Crippen LogP contribution in [0.3, 0.4) is 0 Å². The maximum Gasteiger partial charge on any atom is 0.317 e. The molecule has 122 valence electrons. The first-order valence-electron chi connectivity index (χ1n) is 7.74. The van der Waals surface area contributed by atoms with Gasteiger partial charge in [0.2, 0.25) is 0 Å². The molecule has 0 bridgehead atoms. The zero-order chi connectivity index (χ0) is 16.7. The van der Waals surface area contributed by atoms with Crippen LogP contribution < -0.4 is 15.4 Å². The Hall–Kier alpha value is -2.56. The van der Waals surface area contributed by atoms with Crippen molar-refractivity contribution in [3.63, 3.8) is 0 Å². The second-order valence-electron chi connectivity index (χ2n) is 5.67. The molecule has 0 spiro atoms. The van der Waals surface area contributed by atoms with E-state index in [0.29, 0.717) is 12.5 Å². The largest absolute Gasteiger partial charge is 0.471 e. The number of benzene rings is 1. The van der Waals surface area contributed by atoms with Crippen molar-refractivity contribution in [2.45, 2.75) is 39.5 Å². The fourth-order valence-corrected chi connectivity index (χ4v) is 2.08. The second kappa shape index (κ2) is 8.17. The Kier molecular flexibility index (Phi) is 5.97. The van der Waals surface area contributed by atoms with Gasteiger partial charge in [-0.1, -0.05) is 26.0 Å². The number of carbonyl (C=O) groups is 1. The van der Waals surface area contributed by atoms with Crippen LogP contribution in [-0.4, -0.2) is 17.2 Å². The molecule has 0 saturated carbocycles. The molecule has 2 amide bonds. The smallest absolute Gasteiger partial charge is 0.317 e. The number of pyridine rings is 1. The van der Waals surface area contributed by atoms with E-state index in [9.17, 15) is 4.79 Å². The number of carbonyl (C=O) groups excluding carboxylic acids is 1. The molecule has 1 aromatic carbocycles. The summed E-state index contributed by atoms with van der Waals surface area (Å²) < 4.78 is 5.69. The van der Waals surface area contributed by atoms with Gasteiger partial charge in [-0.15, -0.1) is 0 Å². The molecule has 1 atom stereocenters. The number of amides is 2. The Morgan fingerprint density at radius 1 is 1.09 bits per heavy atom. The molecule has 5 nitrogen and oxygen atoms in total. The second-order valence-corrected chi connectivity index (χ2v) is 5.67. The van der Waals surface area contributed by atoms with Crippen molar-refractivity contribution in [3.8, 4) is 5.75 Å². The summed E-state index contributed by atoms with van der Waals surface area (Å²) in [6.07, 6.45) is 2.97. The zero-order valence-electron chi connectivity index (χ0n) is 13.7. The van der Waals surface area contributed by atoms with E-state index in [4.69, 9.17) is 4.74 Å². The molecule has 1 unspecified atom stereocenters. The van der Waals surface area contributed by atoms with E-state index in [-0.39, 0.29) is 6.03 Å². The van der Waals surface area contributed by atoms with Crippen LogP contribution in [0, 0.1) is 0 Å². The van der Waals surface area contributed by atoms with Crippen molar-refractivity contribution in [1.82, 2.24) is 15.6 Å². The van der Waals surface area contributed by atoms with Crippen LogP contribution in [0.4, 0.5) is 4.79 Å². The van der Waals surface area contributed by atoms with Gasteiger partial charge in [0.25, 0.3) is 0 Å². The van der Waals surface area contributed by atoms with Crippen molar-refractivity contribution < 1.29 is 9.53 Å². The zero-order valence-corrected chi connectivity index (χ0v) is 13.7. The van der Waals surface area contributed by atoms with Crippen molar-refractivity contribution in [2.24, 2.45) is 0 Å². The molecule has 0 saturated heterocycles. The number of ether oxygens (including phenoxy) is 1. The summed E-state index contributed by atoms with van der Waals surface area (Å²) in [4.78, 5) is 15.8. The van der Waals surface area contributed by atoms with Crippen molar-refractivity contribution in [3.05, 3.63) is 59.9 Å². The van der Waals surface area contributed by atoms with Gasteiger partial charge in [0.1, 0.15) is 5.75 Å². The molecule has 1 aromatic heterocycles. The van der Waals surface area contributed by atoms with Gasteiger partial charge in [-0.05, 0) is 48.2 Å². The number of nitrogens with zero attached hydrogens (tertiary/aromatic N) is 1. The number of aromatic nitrogens is 1. The molecule has 0 aliphatic rings. The van der Waals surface area contributed by atoms with Gasteiger partial charge in [0.15, 0.2) is 6.23 Å². The molecular weight excluding hydrogens is 290 g/mol. The minimum atomic E-state index is -0.419. The molecular formula is C18H23N3O2. The third kappa shape index (κ3) is 5.62. The van der Waals surface area contributed by atoms with Crippen LogP contribution in [-0.2, 0) is 6.54 Å². The van der Waals surface area contributed by atoms with Gasteiger partial charge in [0, 0.05) is 18.9 Å². The number of hydrogen-bond acceptors (Lipinski definition) is 3. The summed E-state index contributed by atoms with van der Waals surface area (Å²) in [6, 6.07) is 11.4. The predicted octanol–water partition coefficient (Wildman–Crippen LogP) is 3.43. The average Bonchev–Trinajstić information content (AvgIpc) is 2.54. The summed E-state index contributed by atoms with van der Waals surface area (Å²) >= 11 is 0.